The summed E-state index contributed by atoms with van der Waals surface area (Å²) in [5.74, 6) is 0. The Bertz CT molecular complexity index is 214. The Morgan fingerprint density at radius 2 is 2.00 bits per heavy atom. The SMILES string of the molecule is CNC(C)(CO)CCCCN(C)C1CCOCC1. The third-order valence-corrected chi connectivity index (χ3v) is 4.26. The van der Waals surface area contributed by atoms with E-state index in [4.69, 9.17) is 4.74 Å². The minimum atomic E-state index is -0.114. The molecular weight excluding hydrogens is 228 g/mol. The van der Waals surface area contributed by atoms with Crippen LogP contribution in [0.2, 0.25) is 0 Å². The lowest BCUT2D eigenvalue weighted by Gasteiger charge is -2.32. The molecule has 0 aliphatic carbocycles. The highest BCUT2D eigenvalue weighted by atomic mass is 16.5. The number of ether oxygens (including phenoxy) is 1. The Balaban J connectivity index is 2.13. The van der Waals surface area contributed by atoms with Gasteiger partial charge in [0.1, 0.15) is 0 Å². The molecule has 0 aromatic heterocycles. The van der Waals surface area contributed by atoms with E-state index < -0.39 is 0 Å². The molecule has 0 aromatic rings. The largest absolute Gasteiger partial charge is 0.394 e. The van der Waals surface area contributed by atoms with E-state index in [0.29, 0.717) is 6.04 Å². The van der Waals surface area contributed by atoms with Crippen LogP contribution in [0.15, 0.2) is 0 Å². The van der Waals surface area contributed by atoms with Crippen molar-refractivity contribution < 1.29 is 9.84 Å². The van der Waals surface area contributed by atoms with Gasteiger partial charge in [0.25, 0.3) is 0 Å². The maximum absolute atomic E-state index is 9.31. The molecular formula is C14H30N2O2. The lowest BCUT2D eigenvalue weighted by Crippen LogP contribution is -2.43. The maximum Gasteiger partial charge on any atom is 0.0610 e. The van der Waals surface area contributed by atoms with Crippen molar-refractivity contribution in [2.45, 2.75) is 50.6 Å². The summed E-state index contributed by atoms with van der Waals surface area (Å²) in [4.78, 5) is 2.47. The lowest BCUT2D eigenvalue weighted by atomic mass is 9.96. The number of nitrogens with one attached hydrogen (secondary N) is 1. The fourth-order valence-electron chi connectivity index (χ4n) is 2.47. The topological polar surface area (TPSA) is 44.7 Å². The highest BCUT2D eigenvalue weighted by Gasteiger charge is 2.21. The molecule has 1 fully saturated rings. The first-order valence-corrected chi connectivity index (χ1v) is 7.19. The summed E-state index contributed by atoms with van der Waals surface area (Å²) in [7, 11) is 4.14. The number of unbranched alkanes of at least 4 members (excludes halogenated alkanes) is 1. The smallest absolute Gasteiger partial charge is 0.0610 e. The molecule has 0 amide bonds. The second-order valence-electron chi connectivity index (χ2n) is 5.75. The number of nitrogens with zero attached hydrogens (tertiary/aromatic N) is 1. The van der Waals surface area contributed by atoms with Gasteiger partial charge < -0.3 is 20.1 Å². The van der Waals surface area contributed by atoms with Crippen LogP contribution < -0.4 is 5.32 Å². The highest BCUT2D eigenvalue weighted by molar-refractivity contribution is 4.80. The summed E-state index contributed by atoms with van der Waals surface area (Å²) < 4.78 is 5.39. The highest BCUT2D eigenvalue weighted by Crippen LogP contribution is 2.16. The molecule has 1 rings (SSSR count). The number of likely N-dealkylation sites (N-methyl/N-ethyl adjacent to an activating group) is 1. The minimum Gasteiger partial charge on any atom is -0.394 e. The predicted octanol–water partition coefficient (Wildman–Crippen LogP) is 1.24. The molecule has 4 heteroatoms. The predicted molar refractivity (Wildman–Crippen MR) is 74.9 cm³/mol. The number of aliphatic hydroxyl groups is 1. The standard InChI is InChI=1S/C14H30N2O2/c1-14(12-17,15-2)8-4-5-9-16(3)13-6-10-18-11-7-13/h13,15,17H,4-12H2,1-3H3. The molecule has 18 heavy (non-hydrogen) atoms. The van der Waals surface area contributed by atoms with Crippen LogP contribution in [-0.2, 0) is 4.74 Å². The number of hydrogen-bond acceptors (Lipinski definition) is 4. The third kappa shape index (κ3) is 5.22. The fraction of sp³-hybridized carbons (Fsp3) is 1.00. The van der Waals surface area contributed by atoms with Gasteiger partial charge in [-0.25, -0.2) is 0 Å². The van der Waals surface area contributed by atoms with Crippen LogP contribution in [0.5, 0.6) is 0 Å². The van der Waals surface area contributed by atoms with Crippen molar-refractivity contribution in [3.05, 3.63) is 0 Å². The van der Waals surface area contributed by atoms with E-state index in [9.17, 15) is 5.11 Å². The summed E-state index contributed by atoms with van der Waals surface area (Å²) in [6.07, 6.45) is 5.72. The maximum atomic E-state index is 9.31. The van der Waals surface area contributed by atoms with Crippen LogP contribution >= 0.6 is 0 Å². The zero-order valence-corrected chi connectivity index (χ0v) is 12.2. The van der Waals surface area contributed by atoms with Crippen LogP contribution in [0, 0.1) is 0 Å². The first kappa shape index (κ1) is 15.9. The van der Waals surface area contributed by atoms with E-state index in [0.717, 1.165) is 32.6 Å². The van der Waals surface area contributed by atoms with Crippen LogP contribution in [0.4, 0.5) is 0 Å². The molecule has 0 spiro atoms. The summed E-state index contributed by atoms with van der Waals surface area (Å²) in [5, 5.41) is 12.5. The molecule has 4 nitrogen and oxygen atoms in total. The second kappa shape index (κ2) is 8.10. The van der Waals surface area contributed by atoms with Gasteiger partial charge in [-0.3, -0.25) is 0 Å². The monoisotopic (exact) mass is 258 g/mol. The molecule has 1 unspecified atom stereocenters. The van der Waals surface area contributed by atoms with E-state index in [2.05, 4.69) is 24.2 Å². The molecule has 1 saturated heterocycles. The van der Waals surface area contributed by atoms with Gasteiger partial charge in [0.15, 0.2) is 0 Å². The Labute approximate surface area is 112 Å². The Morgan fingerprint density at radius 1 is 1.33 bits per heavy atom. The normalized spacial score (nSPS) is 21.2. The quantitative estimate of drug-likeness (QED) is 0.643. The molecule has 0 saturated carbocycles. The second-order valence-corrected chi connectivity index (χ2v) is 5.75. The molecule has 0 bridgehead atoms. The summed E-state index contributed by atoms with van der Waals surface area (Å²) >= 11 is 0. The molecule has 0 radical (unpaired) electrons. The van der Waals surface area contributed by atoms with Crippen molar-refractivity contribution in [3.63, 3.8) is 0 Å². The van der Waals surface area contributed by atoms with Crippen molar-refractivity contribution in [2.75, 3.05) is 40.5 Å². The van der Waals surface area contributed by atoms with Crippen LogP contribution in [0.3, 0.4) is 0 Å². The van der Waals surface area contributed by atoms with Crippen molar-refractivity contribution in [1.29, 1.82) is 0 Å². The summed E-state index contributed by atoms with van der Waals surface area (Å²) in [6, 6.07) is 0.701. The Kier molecular flexibility index (Phi) is 7.15. The van der Waals surface area contributed by atoms with Crippen LogP contribution in [0.1, 0.15) is 39.0 Å². The van der Waals surface area contributed by atoms with E-state index in [-0.39, 0.29) is 12.1 Å². The molecule has 1 aliphatic heterocycles. The average Bonchev–Trinajstić information content (AvgIpc) is 2.44. The first-order chi connectivity index (χ1) is 8.61. The first-order valence-electron chi connectivity index (χ1n) is 7.19. The van der Waals surface area contributed by atoms with Crippen LogP contribution in [0.25, 0.3) is 0 Å². The van der Waals surface area contributed by atoms with Crippen molar-refractivity contribution >= 4 is 0 Å². The fourth-order valence-corrected chi connectivity index (χ4v) is 2.47. The van der Waals surface area contributed by atoms with Gasteiger partial charge in [-0.05, 0) is 53.2 Å². The van der Waals surface area contributed by atoms with Crippen molar-refractivity contribution in [2.24, 2.45) is 0 Å². The molecule has 0 aromatic carbocycles. The van der Waals surface area contributed by atoms with Gasteiger partial charge in [-0.15, -0.1) is 0 Å². The van der Waals surface area contributed by atoms with Gasteiger partial charge in [-0.2, -0.15) is 0 Å². The van der Waals surface area contributed by atoms with Gasteiger partial charge in [0, 0.05) is 24.8 Å². The van der Waals surface area contributed by atoms with E-state index >= 15 is 0 Å². The zero-order chi connectivity index (χ0) is 13.4. The van der Waals surface area contributed by atoms with E-state index in [1.165, 1.54) is 19.3 Å². The van der Waals surface area contributed by atoms with Gasteiger partial charge in [0.05, 0.1) is 6.61 Å². The number of aliphatic hydroxyl groups excluding tert-OH is 1. The Hall–Kier alpha value is -0.160. The van der Waals surface area contributed by atoms with Gasteiger partial charge in [-0.1, -0.05) is 6.42 Å². The number of hydrogen-bond donors (Lipinski definition) is 2. The van der Waals surface area contributed by atoms with Crippen molar-refractivity contribution in [3.8, 4) is 0 Å². The van der Waals surface area contributed by atoms with E-state index in [1.54, 1.807) is 0 Å². The molecule has 1 atom stereocenters. The average molecular weight is 258 g/mol. The number of rotatable bonds is 8. The van der Waals surface area contributed by atoms with Crippen molar-refractivity contribution in [1.82, 2.24) is 10.2 Å². The lowest BCUT2D eigenvalue weighted by molar-refractivity contribution is 0.0423. The molecule has 1 heterocycles. The summed E-state index contributed by atoms with van der Waals surface area (Å²) in [6.45, 7) is 5.26. The van der Waals surface area contributed by atoms with Gasteiger partial charge >= 0.3 is 0 Å². The molecule has 1 aliphatic rings. The third-order valence-electron chi connectivity index (χ3n) is 4.26. The molecule has 108 valence electrons. The minimum absolute atomic E-state index is 0.114. The van der Waals surface area contributed by atoms with Crippen LogP contribution in [-0.4, -0.2) is 62.0 Å². The summed E-state index contributed by atoms with van der Waals surface area (Å²) in [5.41, 5.74) is -0.114. The Morgan fingerprint density at radius 3 is 2.56 bits per heavy atom. The molecule has 2 N–H and O–H groups in total. The zero-order valence-electron chi connectivity index (χ0n) is 12.2. The van der Waals surface area contributed by atoms with Gasteiger partial charge in [0.2, 0.25) is 0 Å². The van der Waals surface area contributed by atoms with E-state index in [1.807, 2.05) is 7.05 Å².